The largest absolute Gasteiger partial charge is 0.389 e. The summed E-state index contributed by atoms with van der Waals surface area (Å²) in [6, 6.07) is 0. The number of alkyl halides is 6. The second kappa shape index (κ2) is 16.5. The lowest BCUT2D eigenvalue weighted by molar-refractivity contribution is -0.136. The maximum atomic E-state index is 12.0. The highest BCUT2D eigenvalue weighted by atomic mass is 19.4. The van der Waals surface area contributed by atoms with Gasteiger partial charge in [0.25, 0.3) is 0 Å². The normalized spacial score (nSPS) is 12.7. The van der Waals surface area contributed by atoms with E-state index in [2.05, 4.69) is 0 Å². The number of ether oxygens (including phenoxy) is 1. The zero-order valence-electron chi connectivity index (χ0n) is 16.4. The number of hydrogen-bond donors (Lipinski definition) is 0. The minimum absolute atomic E-state index is 0.236. The molecule has 0 aromatic carbocycles. The van der Waals surface area contributed by atoms with Crippen LogP contribution in [0.5, 0.6) is 0 Å². The van der Waals surface area contributed by atoms with Crippen LogP contribution in [0.3, 0.4) is 0 Å². The Balaban J connectivity index is 3.07. The smallest absolute Gasteiger partial charge is 0.381 e. The molecule has 0 saturated heterocycles. The highest BCUT2D eigenvalue weighted by Gasteiger charge is 2.26. The van der Waals surface area contributed by atoms with E-state index in [1.807, 2.05) is 0 Å². The third kappa shape index (κ3) is 25.5. The molecule has 164 valence electrons. The summed E-state index contributed by atoms with van der Waals surface area (Å²) in [4.78, 5) is 0. The third-order valence-corrected chi connectivity index (χ3v) is 4.50. The molecule has 0 aliphatic rings. The van der Waals surface area contributed by atoms with E-state index in [-0.39, 0.29) is 12.8 Å². The first kappa shape index (κ1) is 26.5. The van der Waals surface area contributed by atoms with E-state index in [1.165, 1.54) is 0 Å². The van der Waals surface area contributed by atoms with Gasteiger partial charge in [0, 0.05) is 26.1 Å². The molecular formula is C20H36F6O. The van der Waals surface area contributed by atoms with Crippen molar-refractivity contribution >= 4 is 0 Å². The first-order valence-electron chi connectivity index (χ1n) is 10.4. The van der Waals surface area contributed by atoms with Gasteiger partial charge in [0.15, 0.2) is 0 Å². The summed E-state index contributed by atoms with van der Waals surface area (Å²) in [6.07, 6.45) is 2.28. The van der Waals surface area contributed by atoms with Gasteiger partial charge < -0.3 is 4.74 Å². The van der Waals surface area contributed by atoms with Crippen molar-refractivity contribution in [1.82, 2.24) is 0 Å². The molecule has 0 rings (SSSR count). The van der Waals surface area contributed by atoms with Crippen LogP contribution >= 0.6 is 0 Å². The van der Waals surface area contributed by atoms with Gasteiger partial charge in [-0.3, -0.25) is 0 Å². The van der Waals surface area contributed by atoms with E-state index in [0.717, 1.165) is 77.4 Å². The first-order valence-corrected chi connectivity index (χ1v) is 10.4. The van der Waals surface area contributed by atoms with Crippen molar-refractivity contribution in [2.24, 2.45) is 0 Å². The molecular weight excluding hydrogens is 370 g/mol. The van der Waals surface area contributed by atoms with E-state index < -0.39 is 25.2 Å². The van der Waals surface area contributed by atoms with Crippen molar-refractivity contribution in [1.29, 1.82) is 0 Å². The van der Waals surface area contributed by atoms with Crippen LogP contribution in [0.1, 0.15) is 103 Å². The molecule has 0 aromatic heterocycles. The molecule has 0 N–H and O–H groups in total. The quantitative estimate of drug-likeness (QED) is 0.164. The topological polar surface area (TPSA) is 9.23 Å². The maximum absolute atomic E-state index is 12.0. The standard InChI is InChI=1S/C20H36F6O/c21-19(22,23)15-11-7-3-1-5-9-13-17-27-18-14-10-6-2-4-8-12-16-20(24,25)26/h1-18H2. The molecule has 0 fully saturated rings. The fourth-order valence-corrected chi connectivity index (χ4v) is 2.93. The summed E-state index contributed by atoms with van der Waals surface area (Å²) in [5.74, 6) is 0. The maximum Gasteiger partial charge on any atom is 0.389 e. The molecule has 0 spiro atoms. The van der Waals surface area contributed by atoms with Crippen LogP contribution in [0.15, 0.2) is 0 Å². The molecule has 0 unspecified atom stereocenters. The Morgan fingerprint density at radius 3 is 0.926 bits per heavy atom. The van der Waals surface area contributed by atoms with Gasteiger partial charge in [-0.1, -0.05) is 64.2 Å². The Kier molecular flexibility index (Phi) is 16.2. The van der Waals surface area contributed by atoms with Gasteiger partial charge in [-0.2, -0.15) is 26.3 Å². The zero-order valence-corrected chi connectivity index (χ0v) is 16.4. The van der Waals surface area contributed by atoms with Crippen LogP contribution in [0.2, 0.25) is 0 Å². The zero-order chi connectivity index (χ0) is 20.4. The van der Waals surface area contributed by atoms with Crippen molar-refractivity contribution in [3.63, 3.8) is 0 Å². The van der Waals surface area contributed by atoms with Crippen molar-refractivity contribution in [3.8, 4) is 0 Å². The van der Waals surface area contributed by atoms with Gasteiger partial charge in [0.1, 0.15) is 0 Å². The van der Waals surface area contributed by atoms with Crippen LogP contribution in [0, 0.1) is 0 Å². The Hall–Kier alpha value is -0.460. The van der Waals surface area contributed by atoms with E-state index in [0.29, 0.717) is 12.8 Å². The lowest BCUT2D eigenvalue weighted by Crippen LogP contribution is -2.06. The Morgan fingerprint density at radius 2 is 0.630 bits per heavy atom. The van der Waals surface area contributed by atoms with E-state index >= 15 is 0 Å². The number of unbranched alkanes of at least 4 members (excludes halogenated alkanes) is 12. The fourth-order valence-electron chi connectivity index (χ4n) is 2.93. The highest BCUT2D eigenvalue weighted by molar-refractivity contribution is 4.53. The molecule has 0 aromatic rings. The molecule has 0 heterocycles. The van der Waals surface area contributed by atoms with Crippen molar-refractivity contribution in [3.05, 3.63) is 0 Å². The fraction of sp³-hybridized carbons (Fsp3) is 1.00. The van der Waals surface area contributed by atoms with Crippen molar-refractivity contribution < 1.29 is 31.1 Å². The Morgan fingerprint density at radius 1 is 0.370 bits per heavy atom. The van der Waals surface area contributed by atoms with Crippen LogP contribution in [0.4, 0.5) is 26.3 Å². The molecule has 0 amide bonds. The minimum Gasteiger partial charge on any atom is -0.381 e. The molecule has 0 aliphatic heterocycles. The molecule has 7 heteroatoms. The first-order chi connectivity index (χ1) is 12.7. The lowest BCUT2D eigenvalue weighted by atomic mass is 10.1. The second-order valence-corrected chi connectivity index (χ2v) is 7.29. The summed E-state index contributed by atoms with van der Waals surface area (Å²) in [6.45, 7) is 1.46. The summed E-state index contributed by atoms with van der Waals surface area (Å²) >= 11 is 0. The summed E-state index contributed by atoms with van der Waals surface area (Å²) in [5.41, 5.74) is 0. The SMILES string of the molecule is FC(F)(F)CCCCCCCCCOCCCCCCCCCC(F)(F)F. The molecule has 0 bridgehead atoms. The highest BCUT2D eigenvalue weighted by Crippen LogP contribution is 2.24. The van der Waals surface area contributed by atoms with Gasteiger partial charge in [-0.15, -0.1) is 0 Å². The Labute approximate surface area is 160 Å². The average Bonchev–Trinajstić information content (AvgIpc) is 2.55. The van der Waals surface area contributed by atoms with Gasteiger partial charge >= 0.3 is 12.4 Å². The Bertz CT molecular complexity index is 285. The van der Waals surface area contributed by atoms with Crippen molar-refractivity contribution in [2.45, 2.75) is 115 Å². The van der Waals surface area contributed by atoms with Gasteiger partial charge in [0.2, 0.25) is 0 Å². The summed E-state index contributed by atoms with van der Waals surface area (Å²) in [5, 5.41) is 0. The van der Waals surface area contributed by atoms with Crippen molar-refractivity contribution in [2.75, 3.05) is 13.2 Å². The molecule has 0 atom stereocenters. The van der Waals surface area contributed by atoms with Crippen LogP contribution < -0.4 is 0 Å². The third-order valence-electron chi connectivity index (χ3n) is 4.50. The number of halogens is 6. The lowest BCUT2D eigenvalue weighted by Gasteiger charge is -2.06. The summed E-state index contributed by atoms with van der Waals surface area (Å²) < 4.78 is 77.3. The van der Waals surface area contributed by atoms with Crippen LogP contribution in [-0.2, 0) is 4.74 Å². The van der Waals surface area contributed by atoms with Gasteiger partial charge in [0.05, 0.1) is 0 Å². The van der Waals surface area contributed by atoms with Gasteiger partial charge in [-0.05, 0) is 25.7 Å². The predicted molar refractivity (Wildman–Crippen MR) is 96.8 cm³/mol. The van der Waals surface area contributed by atoms with E-state index in [1.54, 1.807) is 0 Å². The number of rotatable bonds is 18. The average molecular weight is 406 g/mol. The molecule has 27 heavy (non-hydrogen) atoms. The summed E-state index contributed by atoms with van der Waals surface area (Å²) in [7, 11) is 0. The van der Waals surface area contributed by atoms with Crippen LogP contribution in [-0.4, -0.2) is 25.6 Å². The van der Waals surface area contributed by atoms with E-state index in [9.17, 15) is 26.3 Å². The second-order valence-electron chi connectivity index (χ2n) is 7.29. The molecule has 0 radical (unpaired) electrons. The minimum atomic E-state index is -4.02. The van der Waals surface area contributed by atoms with Gasteiger partial charge in [-0.25, -0.2) is 0 Å². The monoisotopic (exact) mass is 406 g/mol. The molecule has 1 nitrogen and oxygen atoms in total. The predicted octanol–water partition coefficient (Wildman–Crippen LogP) is 8.37. The van der Waals surface area contributed by atoms with Crippen LogP contribution in [0.25, 0.3) is 0 Å². The number of hydrogen-bond acceptors (Lipinski definition) is 1. The molecule has 0 saturated carbocycles. The van der Waals surface area contributed by atoms with E-state index in [4.69, 9.17) is 4.74 Å². The molecule has 0 aliphatic carbocycles.